The van der Waals surface area contributed by atoms with Crippen LogP contribution in [0.5, 0.6) is 11.5 Å². The van der Waals surface area contributed by atoms with Crippen molar-refractivity contribution in [3.05, 3.63) is 18.2 Å². The summed E-state index contributed by atoms with van der Waals surface area (Å²) in [5.74, 6) is -0.944. The number of esters is 2. The highest BCUT2D eigenvalue weighted by Gasteiger charge is 2.64. The van der Waals surface area contributed by atoms with E-state index < -0.39 is 30.3 Å². The summed E-state index contributed by atoms with van der Waals surface area (Å²) in [6, 6.07) is 4.96. The number of carbonyl (C=O) groups is 3. The van der Waals surface area contributed by atoms with E-state index in [0.717, 1.165) is 6.42 Å². The van der Waals surface area contributed by atoms with Gasteiger partial charge in [0.1, 0.15) is 17.6 Å². The first-order chi connectivity index (χ1) is 13.0. The molecule has 0 radical (unpaired) electrons. The third kappa shape index (κ3) is 2.98. The maximum Gasteiger partial charge on any atom is 0.310 e. The molecule has 5 atom stereocenters. The van der Waals surface area contributed by atoms with Crippen molar-refractivity contribution in [1.82, 2.24) is 0 Å². The van der Waals surface area contributed by atoms with Crippen LogP contribution in [-0.4, -0.2) is 44.8 Å². The topological polar surface area (TPSA) is 100 Å². The molecule has 144 valence electrons. The van der Waals surface area contributed by atoms with Gasteiger partial charge < -0.3 is 24.3 Å². The second kappa shape index (κ2) is 6.75. The number of rotatable bonds is 6. The van der Waals surface area contributed by atoms with Crippen molar-refractivity contribution in [2.45, 2.75) is 18.9 Å². The molecule has 8 heteroatoms. The van der Waals surface area contributed by atoms with Crippen LogP contribution in [0.1, 0.15) is 12.8 Å². The molecule has 1 saturated heterocycles. The molecule has 8 nitrogen and oxygen atoms in total. The molecule has 27 heavy (non-hydrogen) atoms. The van der Waals surface area contributed by atoms with Gasteiger partial charge in [-0.2, -0.15) is 0 Å². The summed E-state index contributed by atoms with van der Waals surface area (Å²) in [7, 11) is 3.01. The average Bonchev–Trinajstić information content (AvgIpc) is 3.29. The van der Waals surface area contributed by atoms with Crippen molar-refractivity contribution in [3.8, 4) is 11.5 Å². The average molecular weight is 375 g/mol. The normalized spacial score (nSPS) is 30.0. The van der Waals surface area contributed by atoms with Gasteiger partial charge in [-0.25, -0.2) is 0 Å². The number of ether oxygens (including phenoxy) is 4. The predicted octanol–water partition coefficient (Wildman–Crippen LogP) is 1.38. The van der Waals surface area contributed by atoms with Crippen molar-refractivity contribution in [3.63, 3.8) is 0 Å². The van der Waals surface area contributed by atoms with Crippen LogP contribution in [-0.2, 0) is 23.9 Å². The number of anilines is 1. The van der Waals surface area contributed by atoms with Crippen LogP contribution in [0.2, 0.25) is 0 Å². The Morgan fingerprint density at radius 3 is 2.78 bits per heavy atom. The number of fused-ring (bicyclic) bond motifs is 1. The highest BCUT2D eigenvalue weighted by molar-refractivity contribution is 5.95. The maximum absolute atomic E-state index is 12.5. The minimum Gasteiger partial charge on any atom is -0.497 e. The number of hydrogen-bond donors (Lipinski definition) is 1. The molecule has 2 aliphatic carbocycles. The Bertz CT molecular complexity index is 790. The Balaban J connectivity index is 1.35. The molecule has 4 rings (SSSR count). The third-order valence-electron chi connectivity index (χ3n) is 5.78. The highest BCUT2D eigenvalue weighted by Crippen LogP contribution is 2.57. The van der Waals surface area contributed by atoms with Gasteiger partial charge in [0.25, 0.3) is 5.91 Å². The molecular formula is C19H21NO7. The number of hydrogen-bond acceptors (Lipinski definition) is 7. The van der Waals surface area contributed by atoms with Crippen molar-refractivity contribution in [2.24, 2.45) is 23.7 Å². The van der Waals surface area contributed by atoms with E-state index in [-0.39, 0.29) is 23.9 Å². The highest BCUT2D eigenvalue weighted by atomic mass is 16.6. The molecule has 0 spiro atoms. The van der Waals surface area contributed by atoms with Gasteiger partial charge >= 0.3 is 11.9 Å². The second-order valence-electron chi connectivity index (χ2n) is 7.14. The molecule has 1 aliphatic heterocycles. The molecule has 3 aliphatic rings. The first-order valence-corrected chi connectivity index (χ1v) is 8.91. The van der Waals surface area contributed by atoms with Crippen LogP contribution < -0.4 is 14.8 Å². The smallest absolute Gasteiger partial charge is 0.310 e. The van der Waals surface area contributed by atoms with Gasteiger partial charge in [-0.3, -0.25) is 14.4 Å². The Morgan fingerprint density at radius 2 is 2.04 bits per heavy atom. The van der Waals surface area contributed by atoms with Crippen LogP contribution >= 0.6 is 0 Å². The van der Waals surface area contributed by atoms with E-state index in [1.54, 1.807) is 18.2 Å². The lowest BCUT2D eigenvalue weighted by molar-refractivity contribution is -0.157. The molecule has 0 unspecified atom stereocenters. The van der Waals surface area contributed by atoms with E-state index in [1.807, 2.05) is 0 Å². The fourth-order valence-electron chi connectivity index (χ4n) is 4.65. The van der Waals surface area contributed by atoms with Gasteiger partial charge in [-0.05, 0) is 30.9 Å². The van der Waals surface area contributed by atoms with Crippen LogP contribution in [0, 0.1) is 23.7 Å². The first-order valence-electron chi connectivity index (χ1n) is 8.91. The Kier molecular flexibility index (Phi) is 4.41. The molecule has 3 fully saturated rings. The van der Waals surface area contributed by atoms with Gasteiger partial charge in [0.15, 0.2) is 6.61 Å². The number of methoxy groups -OCH3 is 2. The molecule has 1 aromatic carbocycles. The van der Waals surface area contributed by atoms with Crippen LogP contribution in [0.4, 0.5) is 5.69 Å². The summed E-state index contributed by atoms with van der Waals surface area (Å²) in [5, 5.41) is 2.65. The Morgan fingerprint density at radius 1 is 1.22 bits per heavy atom. The predicted molar refractivity (Wildman–Crippen MR) is 92.2 cm³/mol. The summed E-state index contributed by atoms with van der Waals surface area (Å²) >= 11 is 0. The molecule has 2 bridgehead atoms. The lowest BCUT2D eigenvalue weighted by Crippen LogP contribution is -2.35. The van der Waals surface area contributed by atoms with Gasteiger partial charge in [-0.1, -0.05) is 0 Å². The zero-order valence-corrected chi connectivity index (χ0v) is 15.1. The van der Waals surface area contributed by atoms with E-state index in [9.17, 15) is 14.4 Å². The van der Waals surface area contributed by atoms with Crippen molar-refractivity contribution in [1.29, 1.82) is 0 Å². The van der Waals surface area contributed by atoms with Crippen molar-refractivity contribution in [2.75, 3.05) is 26.1 Å². The fourth-order valence-corrected chi connectivity index (χ4v) is 4.65. The minimum absolute atomic E-state index is 0.0395. The zero-order valence-electron chi connectivity index (χ0n) is 15.1. The first kappa shape index (κ1) is 17.6. The number of carbonyl (C=O) groups excluding carboxylic acids is 3. The quantitative estimate of drug-likeness (QED) is 0.750. The zero-order chi connectivity index (χ0) is 19.1. The van der Waals surface area contributed by atoms with Crippen molar-refractivity contribution >= 4 is 23.5 Å². The molecule has 1 N–H and O–H groups in total. The summed E-state index contributed by atoms with van der Waals surface area (Å²) in [5.41, 5.74) is 0.446. The fraction of sp³-hybridized carbons (Fsp3) is 0.526. The number of nitrogens with one attached hydrogen (secondary N) is 1. The van der Waals surface area contributed by atoms with Crippen LogP contribution in [0.3, 0.4) is 0 Å². The lowest BCUT2D eigenvalue weighted by Gasteiger charge is -2.22. The van der Waals surface area contributed by atoms with E-state index >= 15 is 0 Å². The SMILES string of the molecule is COc1ccc(NC(=O)COC(=O)[C@@H]2[C@@H]3C[C@@H]4[C@@H]2C(=O)O[C@@H]4C3)c(OC)c1. The molecule has 1 amide bonds. The lowest BCUT2D eigenvalue weighted by atomic mass is 9.80. The third-order valence-corrected chi connectivity index (χ3v) is 5.78. The Hall–Kier alpha value is -2.77. The van der Waals surface area contributed by atoms with Crippen molar-refractivity contribution < 1.29 is 33.3 Å². The summed E-state index contributed by atoms with van der Waals surface area (Å²) in [6.07, 6.45) is 1.49. The van der Waals surface area contributed by atoms with E-state index in [0.29, 0.717) is 23.6 Å². The van der Waals surface area contributed by atoms with E-state index in [2.05, 4.69) is 5.32 Å². The monoisotopic (exact) mass is 375 g/mol. The largest absolute Gasteiger partial charge is 0.497 e. The summed E-state index contributed by atoms with van der Waals surface area (Å²) in [4.78, 5) is 36.6. The van der Waals surface area contributed by atoms with Gasteiger partial charge in [-0.15, -0.1) is 0 Å². The van der Waals surface area contributed by atoms with Gasteiger partial charge in [0.05, 0.1) is 31.7 Å². The summed E-state index contributed by atoms with van der Waals surface area (Å²) < 4.78 is 20.9. The number of amides is 1. The van der Waals surface area contributed by atoms with E-state index in [1.165, 1.54) is 14.2 Å². The molecule has 2 saturated carbocycles. The van der Waals surface area contributed by atoms with Crippen LogP contribution in [0.25, 0.3) is 0 Å². The molecule has 1 heterocycles. The summed E-state index contributed by atoms with van der Waals surface area (Å²) in [6.45, 7) is -0.424. The Labute approximate surface area is 156 Å². The van der Waals surface area contributed by atoms with Crippen LogP contribution in [0.15, 0.2) is 18.2 Å². The van der Waals surface area contributed by atoms with Gasteiger partial charge in [0, 0.05) is 12.0 Å². The molecule has 1 aromatic rings. The standard InChI is InChI=1S/C19H21NO7/c1-24-10-3-4-12(14(7-10)25-2)20-15(21)8-26-18(22)16-9-5-11-13(6-9)27-19(23)17(11)16/h3-4,7,9,11,13,16-17H,5-6,8H2,1-2H3,(H,20,21)/t9-,11+,13-,16-,17+/m1/s1. The van der Waals surface area contributed by atoms with E-state index in [4.69, 9.17) is 18.9 Å². The molecule has 0 aromatic heterocycles. The maximum atomic E-state index is 12.5. The minimum atomic E-state index is -0.498. The molecular weight excluding hydrogens is 354 g/mol. The second-order valence-corrected chi connectivity index (χ2v) is 7.14. The number of benzene rings is 1. The van der Waals surface area contributed by atoms with Gasteiger partial charge in [0.2, 0.25) is 0 Å².